The lowest BCUT2D eigenvalue weighted by Gasteiger charge is -2.42. The molecule has 0 spiro atoms. The van der Waals surface area contributed by atoms with Crippen molar-refractivity contribution in [1.29, 1.82) is 0 Å². The zero-order valence-corrected chi connectivity index (χ0v) is 13.9. The normalized spacial score (nSPS) is 36.7. The highest BCUT2D eigenvalue weighted by molar-refractivity contribution is 5.48. The van der Waals surface area contributed by atoms with Crippen LogP contribution >= 0.6 is 0 Å². The average Bonchev–Trinajstić information content (AvgIpc) is 3.34. The SMILES string of the molecule is CC1CCN(C2C3=C(NCC=C3)OC3=C2C2CC2CC=C3)CC1. The van der Waals surface area contributed by atoms with Gasteiger partial charge in [0.05, 0.1) is 6.04 Å². The fourth-order valence-electron chi connectivity index (χ4n) is 4.73. The number of hydrogen-bond donors (Lipinski definition) is 1. The van der Waals surface area contributed by atoms with E-state index in [1.807, 2.05) is 0 Å². The van der Waals surface area contributed by atoms with Crippen LogP contribution in [0.1, 0.15) is 32.6 Å². The van der Waals surface area contributed by atoms with Crippen molar-refractivity contribution < 1.29 is 4.74 Å². The highest BCUT2D eigenvalue weighted by Crippen LogP contribution is 2.54. The van der Waals surface area contributed by atoms with Gasteiger partial charge in [-0.05, 0) is 68.2 Å². The van der Waals surface area contributed by atoms with E-state index in [0.717, 1.165) is 35.9 Å². The first-order chi connectivity index (χ1) is 11.3. The number of allylic oxidation sites excluding steroid dienone is 2. The third-order valence-corrected chi connectivity index (χ3v) is 6.24. The molecule has 3 heteroatoms. The lowest BCUT2D eigenvalue weighted by Crippen LogP contribution is -2.46. The molecule has 0 bridgehead atoms. The standard InChI is InChI=1S/C20H26N2O/c1-13-7-10-22(11-8-13)19-15-5-3-9-21-20(15)23-17-6-2-4-14-12-16(14)18(17)19/h2-3,5-6,13-14,16,19,21H,4,7-12H2,1H3. The minimum absolute atomic E-state index is 0.433. The van der Waals surface area contributed by atoms with Crippen molar-refractivity contribution in [2.24, 2.45) is 17.8 Å². The summed E-state index contributed by atoms with van der Waals surface area (Å²) in [5.74, 6) is 4.61. The van der Waals surface area contributed by atoms with Crippen LogP contribution in [0, 0.1) is 17.8 Å². The van der Waals surface area contributed by atoms with E-state index in [1.54, 1.807) is 5.57 Å². The van der Waals surface area contributed by atoms with Gasteiger partial charge >= 0.3 is 0 Å². The van der Waals surface area contributed by atoms with Gasteiger partial charge in [-0.1, -0.05) is 25.2 Å². The summed E-state index contributed by atoms with van der Waals surface area (Å²) >= 11 is 0. The molecule has 23 heavy (non-hydrogen) atoms. The van der Waals surface area contributed by atoms with Crippen LogP contribution < -0.4 is 5.32 Å². The molecule has 0 radical (unpaired) electrons. The molecule has 5 aliphatic rings. The van der Waals surface area contributed by atoms with Crippen LogP contribution in [0.25, 0.3) is 0 Å². The Hall–Kier alpha value is -1.48. The van der Waals surface area contributed by atoms with E-state index in [2.05, 4.69) is 41.4 Å². The Morgan fingerprint density at radius 2 is 2.04 bits per heavy atom. The van der Waals surface area contributed by atoms with Gasteiger partial charge in [0.1, 0.15) is 5.76 Å². The smallest absolute Gasteiger partial charge is 0.198 e. The molecule has 3 unspecified atom stereocenters. The number of fused-ring (bicyclic) bond motifs is 2. The van der Waals surface area contributed by atoms with Gasteiger partial charge in [-0.15, -0.1) is 0 Å². The molecule has 3 nitrogen and oxygen atoms in total. The van der Waals surface area contributed by atoms with E-state index < -0.39 is 0 Å². The van der Waals surface area contributed by atoms with Gasteiger partial charge in [-0.25, -0.2) is 0 Å². The summed E-state index contributed by atoms with van der Waals surface area (Å²) in [6, 6.07) is 0.433. The number of ether oxygens (including phenoxy) is 1. The number of hydrogen-bond acceptors (Lipinski definition) is 3. The van der Waals surface area contributed by atoms with Gasteiger partial charge in [-0.3, -0.25) is 4.90 Å². The summed E-state index contributed by atoms with van der Waals surface area (Å²) in [4.78, 5) is 2.72. The molecular weight excluding hydrogens is 284 g/mol. The Balaban J connectivity index is 1.56. The quantitative estimate of drug-likeness (QED) is 0.804. The van der Waals surface area contributed by atoms with Crippen LogP contribution in [0.2, 0.25) is 0 Å². The first-order valence-electron chi connectivity index (χ1n) is 9.28. The predicted octanol–water partition coefficient (Wildman–Crippen LogP) is 3.34. The maximum absolute atomic E-state index is 6.30. The lowest BCUT2D eigenvalue weighted by atomic mass is 9.86. The first kappa shape index (κ1) is 13.9. The summed E-state index contributed by atoms with van der Waals surface area (Å²) in [7, 11) is 0. The second kappa shape index (κ2) is 5.27. The Bertz CT molecular complexity index is 634. The monoisotopic (exact) mass is 310 g/mol. The van der Waals surface area contributed by atoms with Crippen molar-refractivity contribution in [1.82, 2.24) is 10.2 Å². The second-order valence-corrected chi connectivity index (χ2v) is 7.85. The van der Waals surface area contributed by atoms with Crippen LogP contribution in [-0.4, -0.2) is 30.6 Å². The van der Waals surface area contributed by atoms with Crippen LogP contribution in [0.5, 0.6) is 0 Å². The Kier molecular flexibility index (Phi) is 3.19. The van der Waals surface area contributed by atoms with E-state index in [0.29, 0.717) is 6.04 Å². The van der Waals surface area contributed by atoms with Crippen LogP contribution in [0.4, 0.5) is 0 Å². The largest absolute Gasteiger partial charge is 0.441 e. The van der Waals surface area contributed by atoms with Crippen LogP contribution in [0.3, 0.4) is 0 Å². The minimum atomic E-state index is 0.433. The number of piperidine rings is 1. The van der Waals surface area contributed by atoms with Crippen molar-refractivity contribution in [3.8, 4) is 0 Å². The van der Waals surface area contributed by atoms with E-state index >= 15 is 0 Å². The predicted molar refractivity (Wildman–Crippen MR) is 91.4 cm³/mol. The van der Waals surface area contributed by atoms with Gasteiger partial charge in [0, 0.05) is 12.1 Å². The minimum Gasteiger partial charge on any atom is -0.441 e. The number of rotatable bonds is 1. The summed E-state index contributed by atoms with van der Waals surface area (Å²) in [6.07, 6.45) is 14.3. The molecule has 0 aromatic carbocycles. The molecular formula is C20H26N2O. The molecule has 1 saturated carbocycles. The molecule has 3 heterocycles. The van der Waals surface area contributed by atoms with Crippen LogP contribution in [-0.2, 0) is 4.74 Å². The number of nitrogens with zero attached hydrogens (tertiary/aromatic N) is 1. The molecule has 122 valence electrons. The molecule has 0 aromatic rings. The molecule has 0 aromatic heterocycles. The summed E-state index contributed by atoms with van der Waals surface area (Å²) in [6.45, 7) is 5.70. The van der Waals surface area contributed by atoms with Crippen molar-refractivity contribution in [3.63, 3.8) is 0 Å². The Morgan fingerprint density at radius 3 is 2.91 bits per heavy atom. The molecule has 0 amide bonds. The Morgan fingerprint density at radius 1 is 1.17 bits per heavy atom. The molecule has 1 saturated heterocycles. The number of likely N-dealkylation sites (tertiary alicyclic amines) is 1. The van der Waals surface area contributed by atoms with Gasteiger partial charge in [0.15, 0.2) is 5.88 Å². The third kappa shape index (κ3) is 2.28. The highest BCUT2D eigenvalue weighted by atomic mass is 16.5. The molecule has 3 atom stereocenters. The molecule has 2 aliphatic carbocycles. The average molecular weight is 310 g/mol. The summed E-state index contributed by atoms with van der Waals surface area (Å²) in [5.41, 5.74) is 2.94. The zero-order chi connectivity index (χ0) is 15.4. The number of dihydropyridines is 1. The number of nitrogens with one attached hydrogen (secondary N) is 1. The fraction of sp³-hybridized carbons (Fsp3) is 0.600. The first-order valence-corrected chi connectivity index (χ1v) is 9.28. The molecule has 2 fully saturated rings. The summed E-state index contributed by atoms with van der Waals surface area (Å²) < 4.78 is 6.30. The van der Waals surface area contributed by atoms with Crippen molar-refractivity contribution >= 4 is 0 Å². The van der Waals surface area contributed by atoms with Crippen LogP contribution in [0.15, 0.2) is 47.1 Å². The highest BCUT2D eigenvalue weighted by Gasteiger charge is 2.48. The maximum Gasteiger partial charge on any atom is 0.198 e. The summed E-state index contributed by atoms with van der Waals surface area (Å²) in [5, 5.41) is 3.46. The van der Waals surface area contributed by atoms with Gasteiger partial charge in [0.25, 0.3) is 0 Å². The zero-order valence-electron chi connectivity index (χ0n) is 13.9. The van der Waals surface area contributed by atoms with E-state index in [9.17, 15) is 0 Å². The van der Waals surface area contributed by atoms with Gasteiger partial charge in [0.2, 0.25) is 0 Å². The maximum atomic E-state index is 6.30. The van der Waals surface area contributed by atoms with Crippen molar-refractivity contribution in [2.45, 2.75) is 38.6 Å². The third-order valence-electron chi connectivity index (χ3n) is 6.24. The van der Waals surface area contributed by atoms with Crippen molar-refractivity contribution in [3.05, 3.63) is 47.1 Å². The Labute approximate surface area is 138 Å². The molecule has 5 rings (SSSR count). The van der Waals surface area contributed by atoms with Gasteiger partial charge < -0.3 is 10.1 Å². The topological polar surface area (TPSA) is 24.5 Å². The lowest BCUT2D eigenvalue weighted by molar-refractivity contribution is 0.149. The van der Waals surface area contributed by atoms with Crippen molar-refractivity contribution in [2.75, 3.05) is 19.6 Å². The fourth-order valence-corrected chi connectivity index (χ4v) is 4.73. The van der Waals surface area contributed by atoms with E-state index in [4.69, 9.17) is 4.74 Å². The second-order valence-electron chi connectivity index (χ2n) is 7.85. The van der Waals surface area contributed by atoms with E-state index in [-0.39, 0.29) is 0 Å². The van der Waals surface area contributed by atoms with E-state index in [1.165, 1.54) is 44.3 Å². The van der Waals surface area contributed by atoms with Gasteiger partial charge in [-0.2, -0.15) is 0 Å². The molecule has 1 N–H and O–H groups in total. The molecule has 3 aliphatic heterocycles.